The van der Waals surface area contributed by atoms with E-state index in [0.717, 1.165) is 11.3 Å². The van der Waals surface area contributed by atoms with Gasteiger partial charge in [0.25, 0.3) is 0 Å². The summed E-state index contributed by atoms with van der Waals surface area (Å²) in [5.41, 5.74) is 7.49. The molecule has 0 bridgehead atoms. The number of methoxy groups -OCH3 is 1. The summed E-state index contributed by atoms with van der Waals surface area (Å²) in [5.74, 6) is 2.16. The molecule has 0 radical (unpaired) electrons. The molecule has 0 aromatic heterocycles. The second-order valence-electron chi connectivity index (χ2n) is 4.17. The number of nitrogens with two attached hydrogens (primary N) is 1. The van der Waals surface area contributed by atoms with Crippen molar-refractivity contribution in [2.45, 2.75) is 30.6 Å². The molecule has 1 aromatic carbocycles. The molecule has 88 valence electrons. The highest BCUT2D eigenvalue weighted by atomic mass is 32.2. The summed E-state index contributed by atoms with van der Waals surface area (Å²) in [4.78, 5) is 0. The molecule has 3 heteroatoms. The lowest BCUT2D eigenvalue weighted by molar-refractivity contribution is 0.403. The van der Waals surface area contributed by atoms with E-state index in [2.05, 4.69) is 6.07 Å². The maximum atomic E-state index is 6.35. The van der Waals surface area contributed by atoms with Crippen LogP contribution in [0.15, 0.2) is 24.3 Å². The van der Waals surface area contributed by atoms with Gasteiger partial charge in [-0.15, -0.1) is 0 Å². The second kappa shape index (κ2) is 5.60. The summed E-state index contributed by atoms with van der Waals surface area (Å²) in [6.45, 7) is 0. The SMILES string of the molecule is COc1ccccc1C(N)C1CCCCS1. The standard InChI is InChI=1S/C13H19NOS/c1-15-11-7-3-2-6-10(11)13(14)12-8-4-5-9-16-12/h2-3,6-7,12-13H,4-5,8-9,14H2,1H3. The van der Waals surface area contributed by atoms with E-state index in [9.17, 15) is 0 Å². The first-order chi connectivity index (χ1) is 7.83. The Labute approximate surface area is 102 Å². The molecule has 1 aliphatic rings. The summed E-state index contributed by atoms with van der Waals surface area (Å²) in [6.07, 6.45) is 3.87. The first-order valence-corrected chi connectivity index (χ1v) is 6.88. The summed E-state index contributed by atoms with van der Waals surface area (Å²) < 4.78 is 5.37. The number of benzene rings is 1. The van der Waals surface area contributed by atoms with Gasteiger partial charge in [-0.3, -0.25) is 0 Å². The Morgan fingerprint density at radius 2 is 2.19 bits per heavy atom. The summed E-state index contributed by atoms with van der Waals surface area (Å²) >= 11 is 2.00. The summed E-state index contributed by atoms with van der Waals surface area (Å²) in [6, 6.07) is 8.19. The number of para-hydroxylation sites is 1. The molecule has 1 aliphatic heterocycles. The molecule has 0 spiro atoms. The number of hydrogen-bond donors (Lipinski definition) is 1. The van der Waals surface area contributed by atoms with Gasteiger partial charge >= 0.3 is 0 Å². The summed E-state index contributed by atoms with van der Waals surface area (Å²) in [5, 5.41) is 0.546. The quantitative estimate of drug-likeness (QED) is 0.877. The monoisotopic (exact) mass is 237 g/mol. The molecule has 1 saturated heterocycles. The van der Waals surface area contributed by atoms with Crippen LogP contribution in [0.1, 0.15) is 30.9 Å². The molecule has 2 atom stereocenters. The van der Waals surface area contributed by atoms with E-state index in [1.54, 1.807) is 7.11 Å². The molecule has 2 unspecified atom stereocenters. The molecule has 0 aliphatic carbocycles. The highest BCUT2D eigenvalue weighted by Gasteiger charge is 2.24. The average Bonchev–Trinajstić information content (AvgIpc) is 2.39. The minimum Gasteiger partial charge on any atom is -0.496 e. The van der Waals surface area contributed by atoms with Crippen molar-refractivity contribution in [2.24, 2.45) is 5.73 Å². The van der Waals surface area contributed by atoms with Crippen molar-refractivity contribution >= 4 is 11.8 Å². The topological polar surface area (TPSA) is 35.2 Å². The van der Waals surface area contributed by atoms with Gasteiger partial charge in [0.2, 0.25) is 0 Å². The van der Waals surface area contributed by atoms with Crippen LogP contribution in [0, 0.1) is 0 Å². The van der Waals surface area contributed by atoms with E-state index < -0.39 is 0 Å². The van der Waals surface area contributed by atoms with Crippen molar-refractivity contribution < 1.29 is 4.74 Å². The van der Waals surface area contributed by atoms with Crippen LogP contribution in [0.3, 0.4) is 0 Å². The molecular formula is C13H19NOS. The zero-order chi connectivity index (χ0) is 11.4. The van der Waals surface area contributed by atoms with Crippen LogP contribution in [0.2, 0.25) is 0 Å². The molecule has 2 rings (SSSR count). The van der Waals surface area contributed by atoms with Gasteiger partial charge in [-0.2, -0.15) is 11.8 Å². The van der Waals surface area contributed by atoms with Gasteiger partial charge in [-0.1, -0.05) is 24.6 Å². The maximum absolute atomic E-state index is 6.35. The van der Waals surface area contributed by atoms with E-state index in [-0.39, 0.29) is 6.04 Å². The molecule has 2 N–H and O–H groups in total. The molecule has 2 nitrogen and oxygen atoms in total. The van der Waals surface area contributed by atoms with Crippen LogP contribution in [-0.2, 0) is 0 Å². The van der Waals surface area contributed by atoms with E-state index in [4.69, 9.17) is 10.5 Å². The van der Waals surface area contributed by atoms with E-state index >= 15 is 0 Å². The smallest absolute Gasteiger partial charge is 0.123 e. The number of rotatable bonds is 3. The fourth-order valence-corrected chi connectivity index (χ4v) is 3.55. The predicted octanol–water partition coefficient (Wildman–Crippen LogP) is 2.98. The van der Waals surface area contributed by atoms with Gasteiger partial charge in [-0.25, -0.2) is 0 Å². The first kappa shape index (κ1) is 11.8. The minimum atomic E-state index is 0.0986. The van der Waals surface area contributed by atoms with Gasteiger partial charge in [0.1, 0.15) is 5.75 Å². The Bertz CT molecular complexity index is 336. The van der Waals surface area contributed by atoms with Gasteiger partial charge in [0.05, 0.1) is 7.11 Å². The Morgan fingerprint density at radius 3 is 2.88 bits per heavy atom. The third-order valence-corrected chi connectivity index (χ3v) is 4.59. The molecule has 1 fully saturated rings. The third-order valence-electron chi connectivity index (χ3n) is 3.11. The molecule has 16 heavy (non-hydrogen) atoms. The maximum Gasteiger partial charge on any atom is 0.123 e. The lowest BCUT2D eigenvalue weighted by Crippen LogP contribution is -2.26. The normalized spacial score (nSPS) is 22.8. The molecule has 0 saturated carbocycles. The number of ether oxygens (including phenoxy) is 1. The van der Waals surface area contributed by atoms with Crippen molar-refractivity contribution in [1.29, 1.82) is 0 Å². The van der Waals surface area contributed by atoms with Crippen molar-refractivity contribution in [3.8, 4) is 5.75 Å². The van der Waals surface area contributed by atoms with Crippen molar-refractivity contribution in [3.05, 3.63) is 29.8 Å². The van der Waals surface area contributed by atoms with Gasteiger partial charge in [0.15, 0.2) is 0 Å². The van der Waals surface area contributed by atoms with Crippen LogP contribution < -0.4 is 10.5 Å². The van der Waals surface area contributed by atoms with Gasteiger partial charge < -0.3 is 10.5 Å². The minimum absolute atomic E-state index is 0.0986. The van der Waals surface area contributed by atoms with Crippen LogP contribution >= 0.6 is 11.8 Å². The number of hydrogen-bond acceptors (Lipinski definition) is 3. The van der Waals surface area contributed by atoms with E-state index in [1.807, 2.05) is 30.0 Å². The zero-order valence-corrected chi connectivity index (χ0v) is 10.5. The average molecular weight is 237 g/mol. The van der Waals surface area contributed by atoms with E-state index in [0.29, 0.717) is 5.25 Å². The second-order valence-corrected chi connectivity index (χ2v) is 5.52. The predicted molar refractivity (Wildman–Crippen MR) is 70.0 cm³/mol. The van der Waals surface area contributed by atoms with Crippen molar-refractivity contribution in [3.63, 3.8) is 0 Å². The molecule has 0 amide bonds. The highest BCUT2D eigenvalue weighted by Crippen LogP contribution is 2.36. The first-order valence-electron chi connectivity index (χ1n) is 5.83. The lowest BCUT2D eigenvalue weighted by Gasteiger charge is -2.28. The van der Waals surface area contributed by atoms with Crippen molar-refractivity contribution in [1.82, 2.24) is 0 Å². The van der Waals surface area contributed by atoms with Gasteiger partial charge in [0, 0.05) is 16.9 Å². The van der Waals surface area contributed by atoms with Crippen LogP contribution in [0.4, 0.5) is 0 Å². The van der Waals surface area contributed by atoms with Crippen LogP contribution in [-0.4, -0.2) is 18.1 Å². The van der Waals surface area contributed by atoms with Crippen LogP contribution in [0.5, 0.6) is 5.75 Å². The van der Waals surface area contributed by atoms with E-state index in [1.165, 1.54) is 25.0 Å². The van der Waals surface area contributed by atoms with Crippen LogP contribution in [0.25, 0.3) is 0 Å². The number of thioether (sulfide) groups is 1. The zero-order valence-electron chi connectivity index (χ0n) is 9.69. The Kier molecular flexibility index (Phi) is 4.13. The molecule has 1 aromatic rings. The Morgan fingerprint density at radius 1 is 1.38 bits per heavy atom. The van der Waals surface area contributed by atoms with Crippen molar-refractivity contribution in [2.75, 3.05) is 12.9 Å². The fraction of sp³-hybridized carbons (Fsp3) is 0.538. The summed E-state index contributed by atoms with van der Waals surface area (Å²) in [7, 11) is 1.71. The lowest BCUT2D eigenvalue weighted by atomic mass is 9.99. The molecular weight excluding hydrogens is 218 g/mol. The van der Waals surface area contributed by atoms with Gasteiger partial charge in [-0.05, 0) is 24.7 Å². The largest absolute Gasteiger partial charge is 0.496 e. The Hall–Kier alpha value is -0.670. The highest BCUT2D eigenvalue weighted by molar-refractivity contribution is 8.00. The third kappa shape index (κ3) is 2.53. The fourth-order valence-electron chi connectivity index (χ4n) is 2.19. The Balaban J connectivity index is 2.15. The molecule has 1 heterocycles.